The summed E-state index contributed by atoms with van der Waals surface area (Å²) in [6, 6.07) is 157. The largest absolute Gasteiger partial charge is 0.455 e. The van der Waals surface area contributed by atoms with E-state index in [2.05, 4.69) is 398 Å². The molecule has 11 nitrogen and oxygen atoms in total. The molecule has 3 unspecified atom stereocenters. The van der Waals surface area contributed by atoms with Crippen molar-refractivity contribution in [3.8, 4) is 101 Å². The molecule has 28 aromatic rings. The first kappa shape index (κ1) is 81.5. The molecule has 6 aliphatic rings. The molecule has 20 aromatic carbocycles. The fraction of sp³-hybridized carbons (Fsp3) is 0.0219. The third-order valence-corrected chi connectivity index (χ3v) is 33.0. The van der Waals surface area contributed by atoms with E-state index in [-0.39, 0.29) is 0 Å². The maximum atomic E-state index is 9.43. The van der Waals surface area contributed by atoms with E-state index >= 15 is 0 Å². The molecule has 0 amide bonds. The molecule has 0 saturated carbocycles. The summed E-state index contributed by atoms with van der Waals surface area (Å²) < 4.78 is 20.9. The van der Waals surface area contributed by atoms with Gasteiger partial charge in [-0.25, -0.2) is 9.69 Å². The molecular weight excluding hydrogens is 1800 g/mol. The molecule has 3 aliphatic carbocycles. The molecule has 148 heavy (non-hydrogen) atoms. The first-order chi connectivity index (χ1) is 73.3. The zero-order chi connectivity index (χ0) is 97.3. The minimum Gasteiger partial charge on any atom is -0.455 e. The van der Waals surface area contributed by atoms with E-state index in [4.69, 9.17) is 31.9 Å². The van der Waals surface area contributed by atoms with Crippen LogP contribution in [-0.2, 0) is 16.2 Å². The van der Waals surface area contributed by atoms with Crippen molar-refractivity contribution in [2.45, 2.75) is 16.2 Å². The van der Waals surface area contributed by atoms with Gasteiger partial charge in [0.05, 0.1) is 113 Å². The van der Waals surface area contributed by atoms with Crippen LogP contribution in [0, 0.1) is 24.5 Å². The third kappa shape index (κ3) is 10.6. The predicted octanol–water partition coefficient (Wildman–Crippen LogP) is 34.3. The average Bonchev–Trinajstić information content (AvgIpc) is 1.50. The van der Waals surface area contributed by atoms with Crippen molar-refractivity contribution >= 4 is 142 Å². The Labute approximate surface area is 847 Å². The van der Waals surface area contributed by atoms with E-state index < -0.39 is 16.2 Å². The molecule has 34 rings (SSSR count). The fourth-order valence-corrected chi connectivity index (χ4v) is 27.2. The minimum absolute atomic E-state index is 0.513. The Morgan fingerprint density at radius 1 is 0.250 bits per heavy atom. The first-order valence-corrected chi connectivity index (χ1v) is 50.1. The van der Waals surface area contributed by atoms with Crippen LogP contribution in [0.4, 0.5) is 11.4 Å². The van der Waals surface area contributed by atoms with E-state index in [0.717, 1.165) is 138 Å². The van der Waals surface area contributed by atoms with E-state index in [1.54, 1.807) is 0 Å². The first-order valence-electron chi connectivity index (χ1n) is 50.1. The molecule has 8 aromatic heterocycles. The molecule has 11 heterocycles. The van der Waals surface area contributed by atoms with Crippen molar-refractivity contribution in [3.63, 3.8) is 0 Å². The normalized spacial score (nSPS) is 15.5. The van der Waals surface area contributed by atoms with Crippen molar-refractivity contribution in [1.82, 2.24) is 28.7 Å². The number of aromatic nitrogens is 6. The standard InChI is InChI=1S/C49H27N3O.C44H24N4.C44H24N2O/c1-50-33-19-15-29(16-20-33)30-17-22-40-38(26-30)34-9-2-4-12-39(34)49(40)41-23-18-31(32-8-7-25-51-28-32)27-44(41)52-43-24-21-36-35-10-3-5-14-45(35)53-48(36)46(43)37-11-6-13-42(49)47(37)52;1-45-28-20-17-26(18-21-28)27-19-22-35-33(25-27)29-9-2-3-13-34(29)44(35)36-14-4-5-16-38(36)48-42-31(10-6-15-37(42)44)39-30-11-7-23-46-40(30)41-32(43(39)48)12-8-24-47-41;45-25-26-16-18-27(19-17-26)28-20-21-30-29-8-1-3-11-34(29)44(37(30)24-28)35-12-4-5-14-38(35)46-39-23-22-32-31-9-2-6-15-40(31)47-43(32)41(39)33-10-7-13-36(44)42(33)46/h2-28H;2-25H;1-24H. The summed E-state index contributed by atoms with van der Waals surface area (Å²) in [4.78, 5) is 21.5. The van der Waals surface area contributed by atoms with Crippen LogP contribution >= 0.6 is 0 Å². The predicted molar refractivity (Wildman–Crippen MR) is 597 cm³/mol. The Kier molecular flexibility index (Phi) is 16.6. The molecule has 0 radical (unpaired) electrons. The molecule has 11 heteroatoms. The fourth-order valence-electron chi connectivity index (χ4n) is 27.2. The van der Waals surface area contributed by atoms with Gasteiger partial charge in [0, 0.05) is 84.2 Å². The molecule has 0 saturated heterocycles. The highest BCUT2D eigenvalue weighted by Gasteiger charge is 2.55. The van der Waals surface area contributed by atoms with Gasteiger partial charge >= 0.3 is 0 Å². The van der Waals surface area contributed by atoms with Gasteiger partial charge < -0.3 is 22.5 Å². The van der Waals surface area contributed by atoms with Gasteiger partial charge in [-0.3, -0.25) is 15.0 Å². The van der Waals surface area contributed by atoms with Crippen LogP contribution < -0.4 is 0 Å². The molecule has 680 valence electrons. The zero-order valence-electron chi connectivity index (χ0n) is 79.1. The highest BCUT2D eigenvalue weighted by atomic mass is 16.3. The number of benzene rings is 20. The topological polar surface area (TPSA) is 112 Å². The summed E-state index contributed by atoms with van der Waals surface area (Å²) in [6.07, 6.45) is 7.51. The number of hydrogen-bond acceptors (Lipinski definition) is 6. The zero-order valence-corrected chi connectivity index (χ0v) is 79.1. The number of nitriles is 1. The summed E-state index contributed by atoms with van der Waals surface area (Å²) in [5.41, 5.74) is 48.3. The van der Waals surface area contributed by atoms with Gasteiger partial charge in [0.15, 0.2) is 11.4 Å². The second kappa shape index (κ2) is 30.2. The summed E-state index contributed by atoms with van der Waals surface area (Å²) in [7, 11) is 0. The lowest BCUT2D eigenvalue weighted by Crippen LogP contribution is -2.33. The minimum atomic E-state index is -0.571. The Morgan fingerprint density at radius 3 is 1.16 bits per heavy atom. The number of nitrogens with zero attached hydrogens (tertiary/aromatic N) is 9. The van der Waals surface area contributed by atoms with E-state index in [1.807, 2.05) is 91.5 Å². The second-order valence-corrected chi connectivity index (χ2v) is 39.7. The van der Waals surface area contributed by atoms with Crippen LogP contribution in [0.1, 0.15) is 72.3 Å². The third-order valence-electron chi connectivity index (χ3n) is 33.0. The maximum absolute atomic E-state index is 9.43. The molecule has 3 atom stereocenters. The van der Waals surface area contributed by atoms with Crippen LogP contribution in [0.5, 0.6) is 0 Å². The van der Waals surface area contributed by atoms with Crippen LogP contribution in [0.2, 0.25) is 0 Å². The van der Waals surface area contributed by atoms with Gasteiger partial charge in [-0.1, -0.05) is 322 Å². The Morgan fingerprint density at radius 2 is 0.628 bits per heavy atom. The highest BCUT2D eigenvalue weighted by Crippen LogP contribution is 2.67. The lowest BCUT2D eigenvalue weighted by Gasteiger charge is -2.39. The van der Waals surface area contributed by atoms with Crippen molar-refractivity contribution in [1.29, 1.82) is 5.26 Å². The number of fused-ring (bicyclic) bond motifs is 49. The van der Waals surface area contributed by atoms with Gasteiger partial charge in [0.1, 0.15) is 22.3 Å². The lowest BCUT2D eigenvalue weighted by molar-refractivity contribution is 0.672. The Bertz CT molecular complexity index is 11000. The van der Waals surface area contributed by atoms with Gasteiger partial charge in [0.25, 0.3) is 0 Å². The van der Waals surface area contributed by atoms with E-state index in [9.17, 15) is 5.26 Å². The van der Waals surface area contributed by atoms with Crippen molar-refractivity contribution in [2.24, 2.45) is 0 Å². The van der Waals surface area contributed by atoms with Crippen LogP contribution in [-0.4, -0.2) is 28.7 Å². The number of furan rings is 2. The SMILES string of the molecule is N#Cc1ccc(-c2ccc3c(c2)C2(c4ccccc4-3)c3ccccc3-n3c4ccc5c6ccccc6oc5c4c4cccc2c43)cc1.[C-]#[N+]c1ccc(-c2ccc3c(c2)-c2ccccc2C32c3ccc(-c4cccnc4)cc3-n3c4ccc5c6ccccc6oc5c4c4cccc2c43)cc1.[C-]#[N+]c1ccc(-c2ccc3c(c2)-c2ccccc2C32c3ccccc3-n3c4c2cccc4c2c4cccnc4c4ncccc4c23)cc1. The van der Waals surface area contributed by atoms with Gasteiger partial charge in [-0.15, -0.1) is 0 Å². The smallest absolute Gasteiger partial charge is 0.187 e. The van der Waals surface area contributed by atoms with Gasteiger partial charge in [0.2, 0.25) is 0 Å². The van der Waals surface area contributed by atoms with Crippen molar-refractivity contribution in [2.75, 3.05) is 0 Å². The molecule has 3 spiro atoms. The van der Waals surface area contributed by atoms with Crippen LogP contribution in [0.3, 0.4) is 0 Å². The van der Waals surface area contributed by atoms with Gasteiger partial charge in [-0.05, 0) is 248 Å². The Hall–Kier alpha value is -20.2. The van der Waals surface area contributed by atoms with E-state index in [1.165, 1.54) is 155 Å². The quantitative estimate of drug-likeness (QED) is 0.128. The number of hydrogen-bond donors (Lipinski definition) is 0. The monoisotopic (exact) mass is 1880 g/mol. The number of pyridine rings is 3. The van der Waals surface area contributed by atoms with Crippen molar-refractivity contribution < 1.29 is 8.83 Å². The molecular formula is C137H75N9O2. The number of para-hydroxylation sites is 7. The molecule has 0 fully saturated rings. The van der Waals surface area contributed by atoms with Gasteiger partial charge in [-0.2, -0.15) is 5.26 Å². The summed E-state index contributed by atoms with van der Waals surface area (Å²) >= 11 is 0. The maximum Gasteiger partial charge on any atom is 0.187 e. The Balaban J connectivity index is 0.0000000986. The highest BCUT2D eigenvalue weighted by molar-refractivity contribution is 6.32. The summed E-state index contributed by atoms with van der Waals surface area (Å²) in [6.45, 7) is 14.8. The summed E-state index contributed by atoms with van der Waals surface area (Å²) in [5.74, 6) is 0. The molecule has 0 N–H and O–H groups in total. The number of rotatable bonds is 4. The lowest BCUT2D eigenvalue weighted by atomic mass is 9.65. The van der Waals surface area contributed by atoms with Crippen LogP contribution in [0.15, 0.2) is 464 Å². The van der Waals surface area contributed by atoms with Crippen molar-refractivity contribution in [3.05, 3.63) is 551 Å². The average molecular weight is 1880 g/mol. The molecule has 3 aliphatic heterocycles. The van der Waals surface area contributed by atoms with Crippen LogP contribution in [0.25, 0.3) is 236 Å². The second-order valence-electron chi connectivity index (χ2n) is 39.7. The summed E-state index contributed by atoms with van der Waals surface area (Å²) in [5, 5.41) is 23.3. The molecule has 0 bridgehead atoms. The van der Waals surface area contributed by atoms with E-state index in [0.29, 0.717) is 16.9 Å².